The van der Waals surface area contributed by atoms with E-state index in [4.69, 9.17) is 0 Å². The maximum absolute atomic E-state index is 13.4. The number of piperidine rings is 1. The number of halogens is 2. The van der Waals surface area contributed by atoms with Crippen LogP contribution in [0.3, 0.4) is 0 Å². The largest absolute Gasteiger partial charge is 0.322 e. The number of rotatable bonds is 3. The lowest BCUT2D eigenvalue weighted by Gasteiger charge is -2.30. The summed E-state index contributed by atoms with van der Waals surface area (Å²) in [7, 11) is 0. The summed E-state index contributed by atoms with van der Waals surface area (Å²) in [5.74, 6) is -1.08. The van der Waals surface area contributed by atoms with E-state index in [1.54, 1.807) is 0 Å². The Morgan fingerprint density at radius 2 is 2.26 bits per heavy atom. The Morgan fingerprint density at radius 1 is 1.47 bits per heavy atom. The third-order valence-corrected chi connectivity index (χ3v) is 3.31. The highest BCUT2D eigenvalue weighted by Gasteiger charge is 2.19. The van der Waals surface area contributed by atoms with E-state index in [1.165, 1.54) is 12.5 Å². The highest BCUT2D eigenvalue weighted by Crippen LogP contribution is 2.17. The molecule has 1 atom stereocenters. The number of hydrogen-bond acceptors (Lipinski definition) is 2. The molecule has 3 nitrogen and oxygen atoms in total. The summed E-state index contributed by atoms with van der Waals surface area (Å²) in [6.07, 6.45) is 2.27. The van der Waals surface area contributed by atoms with Gasteiger partial charge in [-0.05, 0) is 37.4 Å². The Balaban J connectivity index is 1.90. The van der Waals surface area contributed by atoms with Crippen molar-refractivity contribution in [3.05, 3.63) is 29.8 Å². The number of carbonyl (C=O) groups excluding carboxylic acids is 1. The van der Waals surface area contributed by atoms with Crippen LogP contribution < -0.4 is 5.32 Å². The average Bonchev–Trinajstić information content (AvgIpc) is 2.33. The molecule has 1 N–H and O–H groups in total. The molecular formula is C14H18F2N2O. The van der Waals surface area contributed by atoms with Gasteiger partial charge >= 0.3 is 0 Å². The molecule has 0 radical (unpaired) electrons. The fourth-order valence-electron chi connectivity index (χ4n) is 2.41. The highest BCUT2D eigenvalue weighted by molar-refractivity contribution is 5.92. The second-order valence-corrected chi connectivity index (χ2v) is 5.15. The van der Waals surface area contributed by atoms with E-state index in [0.717, 1.165) is 31.6 Å². The van der Waals surface area contributed by atoms with Gasteiger partial charge in [-0.15, -0.1) is 0 Å². The van der Waals surface area contributed by atoms with Crippen LogP contribution in [-0.2, 0) is 4.79 Å². The molecular weight excluding hydrogens is 250 g/mol. The highest BCUT2D eigenvalue weighted by atomic mass is 19.1. The first-order chi connectivity index (χ1) is 9.04. The maximum Gasteiger partial charge on any atom is 0.238 e. The third kappa shape index (κ3) is 3.99. The van der Waals surface area contributed by atoms with Crippen molar-refractivity contribution in [2.45, 2.75) is 19.8 Å². The molecule has 0 bridgehead atoms. The Morgan fingerprint density at radius 3 is 2.95 bits per heavy atom. The predicted octanol–water partition coefficient (Wildman–Crippen LogP) is 2.64. The van der Waals surface area contributed by atoms with Crippen LogP contribution in [-0.4, -0.2) is 30.4 Å². The molecule has 1 aliphatic heterocycles. The molecule has 0 spiro atoms. The number of nitrogens with zero attached hydrogens (tertiary/aromatic N) is 1. The number of benzene rings is 1. The van der Waals surface area contributed by atoms with Crippen LogP contribution >= 0.6 is 0 Å². The van der Waals surface area contributed by atoms with Gasteiger partial charge in [-0.2, -0.15) is 0 Å². The zero-order chi connectivity index (χ0) is 13.8. The molecule has 0 aliphatic carbocycles. The molecule has 1 saturated heterocycles. The van der Waals surface area contributed by atoms with Crippen molar-refractivity contribution in [1.29, 1.82) is 0 Å². The van der Waals surface area contributed by atoms with Gasteiger partial charge in [0.25, 0.3) is 0 Å². The Bertz CT molecular complexity index is 465. The normalized spacial score (nSPS) is 20.3. The summed E-state index contributed by atoms with van der Waals surface area (Å²) in [5, 5.41) is 2.48. The van der Waals surface area contributed by atoms with Gasteiger partial charge in [-0.25, -0.2) is 8.78 Å². The second kappa shape index (κ2) is 6.10. The smallest absolute Gasteiger partial charge is 0.238 e. The number of nitrogens with one attached hydrogen (secondary N) is 1. The molecule has 1 aliphatic rings. The summed E-state index contributed by atoms with van der Waals surface area (Å²) in [4.78, 5) is 13.9. The van der Waals surface area contributed by atoms with Gasteiger partial charge in [0.15, 0.2) is 0 Å². The molecule has 0 saturated carbocycles. The Hall–Kier alpha value is -1.49. The fraction of sp³-hybridized carbons (Fsp3) is 0.500. The summed E-state index contributed by atoms with van der Waals surface area (Å²) in [6.45, 7) is 4.19. The van der Waals surface area contributed by atoms with Crippen LogP contribution in [0.5, 0.6) is 0 Å². The lowest BCUT2D eigenvalue weighted by atomic mass is 10.0. The fourth-order valence-corrected chi connectivity index (χ4v) is 2.41. The zero-order valence-corrected chi connectivity index (χ0v) is 11.0. The predicted molar refractivity (Wildman–Crippen MR) is 69.8 cm³/mol. The summed E-state index contributed by atoms with van der Waals surface area (Å²) >= 11 is 0. The van der Waals surface area contributed by atoms with Crippen LogP contribution in [0.2, 0.25) is 0 Å². The van der Waals surface area contributed by atoms with E-state index < -0.39 is 11.6 Å². The Kier molecular flexibility index (Phi) is 4.47. The van der Waals surface area contributed by atoms with Gasteiger partial charge in [0.2, 0.25) is 5.91 Å². The molecule has 1 amide bonds. The standard InChI is InChI=1S/C14H18F2N2O/c1-10-3-2-6-18(8-10)9-14(19)17-13-5-4-11(15)7-12(13)16/h4-5,7,10H,2-3,6,8-9H2,1H3,(H,17,19)/t10-/m0/s1. The Labute approximate surface area is 111 Å². The van der Waals surface area contributed by atoms with E-state index in [0.29, 0.717) is 5.92 Å². The number of carbonyl (C=O) groups is 1. The molecule has 1 heterocycles. The van der Waals surface area contributed by atoms with Crippen molar-refractivity contribution in [3.63, 3.8) is 0 Å². The van der Waals surface area contributed by atoms with Gasteiger partial charge < -0.3 is 5.32 Å². The van der Waals surface area contributed by atoms with Gasteiger partial charge in [-0.1, -0.05) is 6.92 Å². The van der Waals surface area contributed by atoms with Gasteiger partial charge in [0.05, 0.1) is 12.2 Å². The van der Waals surface area contributed by atoms with Gasteiger partial charge in [0.1, 0.15) is 11.6 Å². The van der Waals surface area contributed by atoms with E-state index in [9.17, 15) is 13.6 Å². The number of likely N-dealkylation sites (tertiary alicyclic amines) is 1. The number of amides is 1. The van der Waals surface area contributed by atoms with Crippen molar-refractivity contribution in [2.24, 2.45) is 5.92 Å². The molecule has 1 aromatic carbocycles. The topological polar surface area (TPSA) is 32.3 Å². The van der Waals surface area contributed by atoms with E-state index in [1.807, 2.05) is 0 Å². The van der Waals surface area contributed by atoms with E-state index in [2.05, 4.69) is 17.1 Å². The van der Waals surface area contributed by atoms with Crippen LogP contribution in [0, 0.1) is 17.6 Å². The quantitative estimate of drug-likeness (QED) is 0.914. The minimum absolute atomic E-state index is 0.0245. The van der Waals surface area contributed by atoms with Crippen molar-refractivity contribution < 1.29 is 13.6 Å². The van der Waals surface area contributed by atoms with E-state index in [-0.39, 0.29) is 18.1 Å². The van der Waals surface area contributed by atoms with E-state index >= 15 is 0 Å². The minimum Gasteiger partial charge on any atom is -0.322 e. The van der Waals surface area contributed by atoms with Gasteiger partial charge in [-0.3, -0.25) is 9.69 Å². The summed E-state index contributed by atoms with van der Waals surface area (Å²) in [5.41, 5.74) is 0.0245. The van der Waals surface area contributed by atoms with Gasteiger partial charge in [0, 0.05) is 12.6 Å². The first-order valence-corrected chi connectivity index (χ1v) is 6.52. The molecule has 2 rings (SSSR count). The first-order valence-electron chi connectivity index (χ1n) is 6.52. The first kappa shape index (κ1) is 13.9. The van der Waals surface area contributed by atoms with Crippen molar-refractivity contribution in [1.82, 2.24) is 4.90 Å². The molecule has 1 aromatic rings. The third-order valence-electron chi connectivity index (χ3n) is 3.31. The molecule has 1 fully saturated rings. The van der Waals surface area contributed by atoms with Crippen molar-refractivity contribution in [3.8, 4) is 0 Å². The van der Waals surface area contributed by atoms with Crippen LogP contribution in [0.25, 0.3) is 0 Å². The summed E-state index contributed by atoms with van der Waals surface area (Å²) < 4.78 is 26.1. The van der Waals surface area contributed by atoms with Crippen LogP contribution in [0.1, 0.15) is 19.8 Å². The molecule has 5 heteroatoms. The molecule has 0 unspecified atom stereocenters. The molecule has 104 valence electrons. The number of hydrogen-bond donors (Lipinski definition) is 1. The lowest BCUT2D eigenvalue weighted by Crippen LogP contribution is -2.39. The van der Waals surface area contributed by atoms with Crippen LogP contribution in [0.15, 0.2) is 18.2 Å². The van der Waals surface area contributed by atoms with Crippen molar-refractivity contribution in [2.75, 3.05) is 25.0 Å². The molecule has 0 aromatic heterocycles. The lowest BCUT2D eigenvalue weighted by molar-refractivity contribution is -0.117. The minimum atomic E-state index is -0.750. The van der Waals surface area contributed by atoms with Crippen LogP contribution in [0.4, 0.5) is 14.5 Å². The maximum atomic E-state index is 13.4. The molecule has 19 heavy (non-hydrogen) atoms. The SMILES string of the molecule is C[C@H]1CCCN(CC(=O)Nc2ccc(F)cc2F)C1. The zero-order valence-electron chi connectivity index (χ0n) is 11.0. The average molecular weight is 268 g/mol. The monoisotopic (exact) mass is 268 g/mol. The summed E-state index contributed by atoms with van der Waals surface area (Å²) in [6, 6.07) is 3.13. The second-order valence-electron chi connectivity index (χ2n) is 5.15. The van der Waals surface area contributed by atoms with Crippen molar-refractivity contribution >= 4 is 11.6 Å². The number of anilines is 1.